The van der Waals surface area contributed by atoms with Gasteiger partial charge in [-0.2, -0.15) is 0 Å². The minimum absolute atomic E-state index is 0.352. The Morgan fingerprint density at radius 1 is 1.30 bits per heavy atom. The molecule has 1 heterocycles. The maximum absolute atomic E-state index is 3.51. The monoisotopic (exact) mass is 142 g/mol. The summed E-state index contributed by atoms with van der Waals surface area (Å²) in [6.07, 6.45) is 1.25. The Balaban J connectivity index is 2.41. The van der Waals surface area contributed by atoms with Crippen LogP contribution in [0.2, 0.25) is 0 Å². The number of likely N-dealkylation sites (N-methyl/N-ethyl adjacent to an activating group) is 1. The van der Waals surface area contributed by atoms with Crippen molar-refractivity contribution in [2.45, 2.75) is 25.8 Å². The summed E-state index contributed by atoms with van der Waals surface area (Å²) in [5.74, 6) is 0. The van der Waals surface area contributed by atoms with Crippen molar-refractivity contribution in [1.82, 2.24) is 10.2 Å². The molecule has 0 aromatic carbocycles. The molecule has 2 heteroatoms. The highest BCUT2D eigenvalue weighted by Gasteiger charge is 2.19. The zero-order valence-electron chi connectivity index (χ0n) is 7.28. The van der Waals surface area contributed by atoms with E-state index in [1.54, 1.807) is 0 Å². The molecule has 10 heavy (non-hydrogen) atoms. The van der Waals surface area contributed by atoms with E-state index in [0.717, 1.165) is 6.54 Å². The molecule has 2 nitrogen and oxygen atoms in total. The van der Waals surface area contributed by atoms with E-state index in [9.17, 15) is 0 Å². The number of hydrogen-bond acceptors (Lipinski definition) is 2. The van der Waals surface area contributed by atoms with Gasteiger partial charge in [-0.3, -0.25) is 0 Å². The molecule has 0 unspecified atom stereocenters. The molecule has 0 saturated carbocycles. The molecule has 1 saturated heterocycles. The molecule has 1 N–H and O–H groups in total. The zero-order chi connectivity index (χ0) is 7.61. The van der Waals surface area contributed by atoms with Gasteiger partial charge in [0.25, 0.3) is 0 Å². The van der Waals surface area contributed by atoms with Crippen molar-refractivity contribution in [2.24, 2.45) is 0 Å². The highest BCUT2D eigenvalue weighted by atomic mass is 15.1. The quantitative estimate of drug-likeness (QED) is 0.535. The molecule has 0 aromatic rings. The summed E-state index contributed by atoms with van der Waals surface area (Å²) in [6.45, 7) is 8.07. The summed E-state index contributed by atoms with van der Waals surface area (Å²) in [7, 11) is 2.18. The molecule has 0 aromatic heterocycles. The second-order valence-electron chi connectivity index (χ2n) is 3.86. The molecule has 1 aliphatic rings. The molecule has 0 atom stereocenters. The Kier molecular flexibility index (Phi) is 2.32. The molecule has 1 rings (SSSR count). The van der Waals surface area contributed by atoms with E-state index < -0.39 is 0 Å². The second kappa shape index (κ2) is 2.89. The van der Waals surface area contributed by atoms with Gasteiger partial charge in [0.2, 0.25) is 0 Å². The third-order valence-electron chi connectivity index (χ3n) is 2.22. The molecule has 1 fully saturated rings. The molecule has 0 bridgehead atoms. The molecule has 60 valence electrons. The van der Waals surface area contributed by atoms with Gasteiger partial charge in [-0.25, -0.2) is 0 Å². The van der Waals surface area contributed by atoms with Gasteiger partial charge in [-0.05, 0) is 33.9 Å². The molecule has 0 amide bonds. The predicted octanol–water partition coefficient (Wildman–Crippen LogP) is 0.690. The van der Waals surface area contributed by atoms with Crippen LogP contribution in [0.5, 0.6) is 0 Å². The molecule has 0 aliphatic carbocycles. The van der Waals surface area contributed by atoms with E-state index in [-0.39, 0.29) is 0 Å². The van der Waals surface area contributed by atoms with Crippen molar-refractivity contribution < 1.29 is 0 Å². The van der Waals surface area contributed by atoms with Crippen LogP contribution in [0.15, 0.2) is 0 Å². The summed E-state index contributed by atoms with van der Waals surface area (Å²) >= 11 is 0. The average Bonchev–Trinajstić information content (AvgIpc) is 1.94. The van der Waals surface area contributed by atoms with E-state index in [1.807, 2.05) is 0 Å². The van der Waals surface area contributed by atoms with Crippen LogP contribution in [0.25, 0.3) is 0 Å². The lowest BCUT2D eigenvalue weighted by Gasteiger charge is -2.23. The number of hydrogen-bond donors (Lipinski definition) is 1. The van der Waals surface area contributed by atoms with E-state index in [2.05, 4.69) is 31.1 Å². The predicted molar refractivity (Wildman–Crippen MR) is 44.2 cm³/mol. The van der Waals surface area contributed by atoms with Gasteiger partial charge in [0.05, 0.1) is 0 Å². The Morgan fingerprint density at radius 2 is 2.00 bits per heavy atom. The Hall–Kier alpha value is -0.0800. The highest BCUT2D eigenvalue weighted by molar-refractivity contribution is 4.81. The van der Waals surface area contributed by atoms with Crippen LogP contribution in [0.3, 0.4) is 0 Å². The van der Waals surface area contributed by atoms with Crippen molar-refractivity contribution in [3.05, 3.63) is 0 Å². The summed E-state index contributed by atoms with van der Waals surface area (Å²) in [4.78, 5) is 2.38. The largest absolute Gasteiger partial charge is 0.310 e. The van der Waals surface area contributed by atoms with Gasteiger partial charge < -0.3 is 10.2 Å². The van der Waals surface area contributed by atoms with Gasteiger partial charge >= 0.3 is 0 Å². The minimum atomic E-state index is 0.352. The summed E-state index contributed by atoms with van der Waals surface area (Å²) in [5.41, 5.74) is 0.352. The topological polar surface area (TPSA) is 15.3 Å². The van der Waals surface area contributed by atoms with Gasteiger partial charge in [-0.15, -0.1) is 0 Å². The highest BCUT2D eigenvalue weighted by Crippen LogP contribution is 2.10. The van der Waals surface area contributed by atoms with Crippen LogP contribution < -0.4 is 5.32 Å². The third-order valence-corrected chi connectivity index (χ3v) is 2.22. The molecule has 0 spiro atoms. The Labute approximate surface area is 63.6 Å². The lowest BCUT2D eigenvalue weighted by molar-refractivity contribution is 0.338. The normalized spacial score (nSPS) is 27.9. The molecular weight excluding hydrogens is 124 g/mol. The van der Waals surface area contributed by atoms with Gasteiger partial charge in [-0.1, -0.05) is 0 Å². The second-order valence-corrected chi connectivity index (χ2v) is 3.86. The van der Waals surface area contributed by atoms with Gasteiger partial charge in [0.15, 0.2) is 0 Å². The molecule has 1 aliphatic heterocycles. The fraction of sp³-hybridized carbons (Fsp3) is 1.00. The van der Waals surface area contributed by atoms with Gasteiger partial charge in [0.1, 0.15) is 0 Å². The summed E-state index contributed by atoms with van der Waals surface area (Å²) in [6, 6.07) is 0. The number of nitrogens with one attached hydrogen (secondary N) is 1. The van der Waals surface area contributed by atoms with Gasteiger partial charge in [0, 0.05) is 18.6 Å². The fourth-order valence-electron chi connectivity index (χ4n) is 1.26. The zero-order valence-corrected chi connectivity index (χ0v) is 7.28. The minimum Gasteiger partial charge on any atom is -0.310 e. The van der Waals surface area contributed by atoms with Crippen molar-refractivity contribution in [1.29, 1.82) is 0 Å². The van der Waals surface area contributed by atoms with E-state index in [1.165, 1.54) is 19.5 Å². The summed E-state index contributed by atoms with van der Waals surface area (Å²) < 4.78 is 0. The van der Waals surface area contributed by atoms with Crippen molar-refractivity contribution in [3.8, 4) is 0 Å². The molecule has 0 radical (unpaired) electrons. The number of rotatable bonds is 0. The van der Waals surface area contributed by atoms with Crippen LogP contribution in [0.1, 0.15) is 20.3 Å². The molecular formula is C8H18N2. The SMILES string of the molecule is CN1CCNC(C)(C)CC1. The van der Waals surface area contributed by atoms with Crippen LogP contribution in [-0.2, 0) is 0 Å². The van der Waals surface area contributed by atoms with E-state index >= 15 is 0 Å². The lowest BCUT2D eigenvalue weighted by atomic mass is 10.0. The Morgan fingerprint density at radius 3 is 2.70 bits per heavy atom. The van der Waals surface area contributed by atoms with Crippen molar-refractivity contribution in [3.63, 3.8) is 0 Å². The first kappa shape index (κ1) is 8.02. The average molecular weight is 142 g/mol. The maximum Gasteiger partial charge on any atom is 0.0137 e. The van der Waals surface area contributed by atoms with Crippen molar-refractivity contribution >= 4 is 0 Å². The van der Waals surface area contributed by atoms with E-state index in [4.69, 9.17) is 0 Å². The smallest absolute Gasteiger partial charge is 0.0137 e. The first-order chi connectivity index (χ1) is 4.60. The van der Waals surface area contributed by atoms with E-state index in [0.29, 0.717) is 5.54 Å². The summed E-state index contributed by atoms with van der Waals surface area (Å²) in [5, 5.41) is 3.51. The first-order valence-corrected chi connectivity index (χ1v) is 4.04. The van der Waals surface area contributed by atoms with Crippen LogP contribution in [0, 0.1) is 0 Å². The Bertz CT molecular complexity index is 110. The van der Waals surface area contributed by atoms with Crippen LogP contribution in [-0.4, -0.2) is 37.1 Å². The number of nitrogens with zero attached hydrogens (tertiary/aromatic N) is 1. The van der Waals surface area contributed by atoms with Crippen LogP contribution >= 0.6 is 0 Å². The van der Waals surface area contributed by atoms with Crippen LogP contribution in [0.4, 0.5) is 0 Å². The standard InChI is InChI=1S/C8H18N2/c1-8(2)4-6-10(3)7-5-9-8/h9H,4-7H2,1-3H3. The lowest BCUT2D eigenvalue weighted by Crippen LogP contribution is -2.39. The first-order valence-electron chi connectivity index (χ1n) is 4.04. The van der Waals surface area contributed by atoms with Crippen molar-refractivity contribution in [2.75, 3.05) is 26.7 Å². The fourth-order valence-corrected chi connectivity index (χ4v) is 1.26. The maximum atomic E-state index is 3.51. The third kappa shape index (κ3) is 2.27.